The normalized spacial score (nSPS) is 15.0. The molecule has 2 heterocycles. The maximum absolute atomic E-state index is 12.9. The monoisotopic (exact) mass is 492 g/mol. The number of halogens is 1. The Morgan fingerprint density at radius 1 is 1.09 bits per heavy atom. The fourth-order valence-electron chi connectivity index (χ4n) is 3.33. The highest BCUT2D eigenvalue weighted by molar-refractivity contribution is 7.89. The lowest BCUT2D eigenvalue weighted by molar-refractivity contribution is -0.385. The molecule has 0 bridgehead atoms. The van der Waals surface area contributed by atoms with E-state index in [4.69, 9.17) is 11.6 Å². The number of carbonyl (C=O) groups excluding carboxylic acids is 1. The number of benzene rings is 2. The average molecular weight is 493 g/mol. The molecule has 0 saturated carbocycles. The van der Waals surface area contributed by atoms with Crippen molar-refractivity contribution in [3.05, 3.63) is 74.7 Å². The number of carbonyl (C=O) groups is 1. The Hall–Kier alpha value is -2.86. The molecule has 1 aliphatic rings. The summed E-state index contributed by atoms with van der Waals surface area (Å²) in [6.07, 6.45) is 0. The number of hydrogen-bond acceptors (Lipinski definition) is 7. The fourth-order valence-corrected chi connectivity index (χ4v) is 5.77. The fraction of sp³-hybridized carbons (Fsp3) is 0.200. The molecule has 0 aliphatic carbocycles. The molecule has 1 aromatic heterocycles. The van der Waals surface area contributed by atoms with Gasteiger partial charge < -0.3 is 4.90 Å². The molecule has 0 spiro atoms. The van der Waals surface area contributed by atoms with Crippen molar-refractivity contribution < 1.29 is 18.1 Å². The minimum Gasteiger partial charge on any atom is -0.335 e. The zero-order valence-electron chi connectivity index (χ0n) is 16.5. The van der Waals surface area contributed by atoms with Crippen LogP contribution in [-0.4, -0.2) is 59.6 Å². The Bertz CT molecular complexity index is 1290. The summed E-state index contributed by atoms with van der Waals surface area (Å²) in [5, 5.41) is 13.9. The van der Waals surface area contributed by atoms with Gasteiger partial charge in [0.25, 0.3) is 11.6 Å². The van der Waals surface area contributed by atoms with E-state index < -0.39 is 14.9 Å². The summed E-state index contributed by atoms with van der Waals surface area (Å²) in [7, 11) is -3.90. The topological polar surface area (TPSA) is 114 Å². The lowest BCUT2D eigenvalue weighted by Crippen LogP contribution is -2.50. The van der Waals surface area contributed by atoms with E-state index in [0.29, 0.717) is 15.7 Å². The first kappa shape index (κ1) is 22.3. The summed E-state index contributed by atoms with van der Waals surface area (Å²) in [6.45, 7) is 0.554. The van der Waals surface area contributed by atoms with Gasteiger partial charge in [-0.1, -0.05) is 29.8 Å². The van der Waals surface area contributed by atoms with Crippen LogP contribution in [-0.2, 0) is 10.0 Å². The number of amides is 1. The van der Waals surface area contributed by atoms with E-state index in [-0.39, 0.29) is 42.7 Å². The number of nitro groups is 1. The zero-order chi connectivity index (χ0) is 22.9. The lowest BCUT2D eigenvalue weighted by atomic mass is 10.2. The van der Waals surface area contributed by atoms with Gasteiger partial charge in [0.2, 0.25) is 10.0 Å². The van der Waals surface area contributed by atoms with E-state index in [0.717, 1.165) is 11.6 Å². The molecule has 1 amide bonds. The van der Waals surface area contributed by atoms with Crippen LogP contribution in [0.1, 0.15) is 10.5 Å². The lowest BCUT2D eigenvalue weighted by Gasteiger charge is -2.33. The first-order chi connectivity index (χ1) is 15.3. The molecular formula is C20H17ClN4O5S2. The first-order valence-electron chi connectivity index (χ1n) is 9.51. The van der Waals surface area contributed by atoms with E-state index in [9.17, 15) is 23.3 Å². The van der Waals surface area contributed by atoms with Crippen molar-refractivity contribution in [1.82, 2.24) is 14.2 Å². The van der Waals surface area contributed by atoms with Crippen LogP contribution < -0.4 is 0 Å². The van der Waals surface area contributed by atoms with Crippen molar-refractivity contribution in [1.29, 1.82) is 0 Å². The Morgan fingerprint density at radius 2 is 1.81 bits per heavy atom. The average Bonchev–Trinajstić information content (AvgIpc) is 3.29. The largest absolute Gasteiger partial charge is 0.335 e. The zero-order valence-corrected chi connectivity index (χ0v) is 18.9. The smallest absolute Gasteiger partial charge is 0.273 e. The van der Waals surface area contributed by atoms with Gasteiger partial charge in [-0.25, -0.2) is 13.4 Å². The SMILES string of the molecule is O=C(c1csc(-c2cccc(Cl)c2)n1)N1CCN(S(=O)(=O)c2cccc([N+](=O)[O-])c2)CC1. The van der Waals surface area contributed by atoms with Crippen molar-refractivity contribution in [2.24, 2.45) is 0 Å². The quantitative estimate of drug-likeness (QED) is 0.397. The van der Waals surface area contributed by atoms with Crippen LogP contribution in [0.3, 0.4) is 0 Å². The van der Waals surface area contributed by atoms with Gasteiger partial charge >= 0.3 is 0 Å². The van der Waals surface area contributed by atoms with E-state index >= 15 is 0 Å². The van der Waals surface area contributed by atoms with Gasteiger partial charge in [0.1, 0.15) is 10.7 Å². The third-order valence-electron chi connectivity index (χ3n) is 4.99. The van der Waals surface area contributed by atoms with E-state index in [2.05, 4.69) is 4.98 Å². The van der Waals surface area contributed by atoms with E-state index in [1.807, 2.05) is 12.1 Å². The molecule has 0 N–H and O–H groups in total. The van der Waals surface area contributed by atoms with Crippen LogP contribution in [0, 0.1) is 10.1 Å². The number of thiazole rings is 1. The predicted molar refractivity (Wildman–Crippen MR) is 120 cm³/mol. The maximum atomic E-state index is 12.9. The van der Waals surface area contributed by atoms with Crippen LogP contribution in [0.25, 0.3) is 10.6 Å². The van der Waals surface area contributed by atoms with Gasteiger partial charge in [-0.05, 0) is 18.2 Å². The Labute approximate surface area is 193 Å². The van der Waals surface area contributed by atoms with E-state index in [1.165, 1.54) is 33.8 Å². The third-order valence-corrected chi connectivity index (χ3v) is 8.01. The summed E-state index contributed by atoms with van der Waals surface area (Å²) < 4.78 is 27.0. The number of rotatable bonds is 5. The minimum atomic E-state index is -3.90. The highest BCUT2D eigenvalue weighted by Crippen LogP contribution is 2.27. The van der Waals surface area contributed by atoms with Gasteiger partial charge in [0.15, 0.2) is 0 Å². The molecule has 4 rings (SSSR count). The second-order valence-corrected chi connectivity index (χ2v) is 10.2. The molecular weight excluding hydrogens is 476 g/mol. The van der Waals surface area contributed by atoms with Crippen LogP contribution in [0.15, 0.2) is 58.8 Å². The molecule has 9 nitrogen and oxygen atoms in total. The molecule has 0 unspecified atom stereocenters. The second-order valence-electron chi connectivity index (χ2n) is 7.00. The van der Waals surface area contributed by atoms with Crippen molar-refractivity contribution in [3.63, 3.8) is 0 Å². The van der Waals surface area contributed by atoms with Gasteiger partial charge in [-0.3, -0.25) is 14.9 Å². The van der Waals surface area contributed by atoms with Crippen LogP contribution in [0.2, 0.25) is 5.02 Å². The number of hydrogen-bond donors (Lipinski definition) is 0. The highest BCUT2D eigenvalue weighted by atomic mass is 35.5. The maximum Gasteiger partial charge on any atom is 0.273 e. The van der Waals surface area contributed by atoms with Gasteiger partial charge in [0.05, 0.1) is 9.82 Å². The summed E-state index contributed by atoms with van der Waals surface area (Å²) in [6, 6.07) is 12.1. The molecule has 1 fully saturated rings. The summed E-state index contributed by atoms with van der Waals surface area (Å²) >= 11 is 7.35. The molecule has 0 radical (unpaired) electrons. The van der Waals surface area contributed by atoms with Crippen molar-refractivity contribution in [2.75, 3.05) is 26.2 Å². The predicted octanol–water partition coefficient (Wildman–Crippen LogP) is 3.52. The Balaban J connectivity index is 1.44. The molecule has 3 aromatic rings. The van der Waals surface area contributed by atoms with Gasteiger partial charge in [-0.2, -0.15) is 4.31 Å². The molecule has 1 aliphatic heterocycles. The summed E-state index contributed by atoms with van der Waals surface area (Å²) in [4.78, 5) is 29.0. The molecule has 32 heavy (non-hydrogen) atoms. The molecule has 0 atom stereocenters. The van der Waals surface area contributed by atoms with Gasteiger partial charge in [0, 0.05) is 54.3 Å². The summed E-state index contributed by atoms with van der Waals surface area (Å²) in [5.74, 6) is -0.276. The van der Waals surface area contributed by atoms with Crippen LogP contribution in [0.5, 0.6) is 0 Å². The Kier molecular flexibility index (Phi) is 6.24. The third kappa shape index (κ3) is 4.51. The number of piperazine rings is 1. The van der Waals surface area contributed by atoms with Crippen LogP contribution >= 0.6 is 22.9 Å². The summed E-state index contributed by atoms with van der Waals surface area (Å²) in [5.41, 5.74) is 0.813. The molecule has 2 aromatic carbocycles. The number of nitro benzene ring substituents is 1. The Morgan fingerprint density at radius 3 is 2.50 bits per heavy atom. The number of non-ortho nitro benzene ring substituents is 1. The van der Waals surface area contributed by atoms with E-state index in [1.54, 1.807) is 22.4 Å². The van der Waals surface area contributed by atoms with Crippen molar-refractivity contribution in [3.8, 4) is 10.6 Å². The van der Waals surface area contributed by atoms with Crippen LogP contribution in [0.4, 0.5) is 5.69 Å². The van der Waals surface area contributed by atoms with Crippen molar-refractivity contribution >= 4 is 44.6 Å². The minimum absolute atomic E-state index is 0.0854. The van der Waals surface area contributed by atoms with Gasteiger partial charge in [-0.15, -0.1) is 11.3 Å². The number of nitrogens with zero attached hydrogens (tertiary/aromatic N) is 4. The standard InChI is InChI=1S/C20H17ClN4O5S2/c21-15-4-1-3-14(11-15)19-22-18(13-31-19)20(26)23-7-9-24(10-8-23)32(29,30)17-6-2-5-16(12-17)25(27)28/h1-6,11-13H,7-10H2. The van der Waals surface area contributed by atoms with Crippen molar-refractivity contribution in [2.45, 2.75) is 4.90 Å². The molecule has 1 saturated heterocycles. The first-order valence-corrected chi connectivity index (χ1v) is 12.2. The molecule has 166 valence electrons. The highest BCUT2D eigenvalue weighted by Gasteiger charge is 2.31. The molecule has 12 heteroatoms. The number of aromatic nitrogens is 1. The number of sulfonamides is 1. The second kappa shape index (κ2) is 8.94.